The first kappa shape index (κ1) is 15.9. The zero-order valence-corrected chi connectivity index (χ0v) is 14.1. The van der Waals surface area contributed by atoms with Crippen LogP contribution in [0.2, 0.25) is 0 Å². The van der Waals surface area contributed by atoms with Gasteiger partial charge in [0.1, 0.15) is 5.82 Å². The second-order valence-corrected chi connectivity index (χ2v) is 6.49. The van der Waals surface area contributed by atoms with E-state index in [2.05, 4.69) is 33.2 Å². The van der Waals surface area contributed by atoms with Gasteiger partial charge in [-0.3, -0.25) is 4.79 Å². The second kappa shape index (κ2) is 7.11. The maximum atomic E-state index is 12.3. The van der Waals surface area contributed by atoms with Crippen LogP contribution in [0.15, 0.2) is 48.8 Å². The summed E-state index contributed by atoms with van der Waals surface area (Å²) in [6, 6.07) is 12.1. The molecule has 0 radical (unpaired) electrons. The van der Waals surface area contributed by atoms with Crippen molar-refractivity contribution >= 4 is 22.6 Å². The summed E-state index contributed by atoms with van der Waals surface area (Å²) in [5, 5.41) is 8.50. The van der Waals surface area contributed by atoms with Crippen molar-refractivity contribution in [2.24, 2.45) is 5.92 Å². The molecule has 1 N–H and O–H groups in total. The van der Waals surface area contributed by atoms with Crippen LogP contribution >= 0.6 is 0 Å². The fraction of sp³-hybridized carbons (Fsp3) is 0.368. The molecule has 4 rings (SSSR count). The van der Waals surface area contributed by atoms with E-state index in [-0.39, 0.29) is 5.91 Å². The molecular weight excluding hydrogens is 316 g/mol. The average Bonchev–Trinajstić information content (AvgIpc) is 3.36. The van der Waals surface area contributed by atoms with Gasteiger partial charge in [0.15, 0.2) is 0 Å². The molecule has 0 spiro atoms. The van der Waals surface area contributed by atoms with E-state index in [1.165, 1.54) is 5.39 Å². The van der Waals surface area contributed by atoms with Gasteiger partial charge in [0.05, 0.1) is 12.8 Å². The molecule has 130 valence electrons. The van der Waals surface area contributed by atoms with Gasteiger partial charge in [-0.2, -0.15) is 5.10 Å². The number of nitrogens with zero attached hydrogens (tertiary/aromatic N) is 3. The number of benzene rings is 1. The molecule has 1 aliphatic heterocycles. The number of anilines is 1. The topological polar surface area (TPSA) is 61.1 Å². The minimum atomic E-state index is 0.00204. The Bertz CT molecular complexity index is 861. The Hall–Kier alpha value is -2.60. The van der Waals surface area contributed by atoms with Gasteiger partial charge in [-0.15, -0.1) is 0 Å². The van der Waals surface area contributed by atoms with Crippen LogP contribution in [-0.4, -0.2) is 33.5 Å². The minimum Gasteiger partial charge on any atom is -0.381 e. The molecule has 0 unspecified atom stereocenters. The summed E-state index contributed by atoms with van der Waals surface area (Å²) in [6.45, 7) is 3.03. The molecule has 1 atom stereocenters. The van der Waals surface area contributed by atoms with Crippen LogP contribution in [0.3, 0.4) is 0 Å². The molecule has 0 aliphatic carbocycles. The van der Waals surface area contributed by atoms with Gasteiger partial charge in [0, 0.05) is 49.8 Å². The molecule has 1 aromatic carbocycles. The van der Waals surface area contributed by atoms with E-state index in [0.29, 0.717) is 18.9 Å². The zero-order chi connectivity index (χ0) is 17.1. The predicted octanol–water partition coefficient (Wildman–Crippen LogP) is 2.90. The number of nitrogens with one attached hydrogen (secondary N) is 1. The van der Waals surface area contributed by atoms with Crippen molar-refractivity contribution in [3.63, 3.8) is 0 Å². The third-order valence-corrected chi connectivity index (χ3v) is 4.70. The van der Waals surface area contributed by atoms with E-state index in [0.717, 1.165) is 37.5 Å². The molecule has 1 saturated heterocycles. The van der Waals surface area contributed by atoms with Crippen molar-refractivity contribution in [3.05, 3.63) is 48.8 Å². The third kappa shape index (κ3) is 3.58. The van der Waals surface area contributed by atoms with Crippen LogP contribution in [0.1, 0.15) is 12.8 Å². The molecular formula is C19H22N4O2. The van der Waals surface area contributed by atoms with Crippen molar-refractivity contribution in [1.82, 2.24) is 14.3 Å². The number of amides is 1. The molecule has 1 aliphatic rings. The number of aromatic nitrogens is 3. The molecule has 3 heterocycles. The number of rotatable bonds is 6. The number of ether oxygens (including phenoxy) is 1. The highest BCUT2D eigenvalue weighted by atomic mass is 16.5. The lowest BCUT2D eigenvalue weighted by Crippen LogP contribution is -2.19. The van der Waals surface area contributed by atoms with Crippen LogP contribution in [-0.2, 0) is 22.6 Å². The number of carbonyl (C=O) groups is 1. The molecule has 1 fully saturated rings. The molecule has 6 heteroatoms. The van der Waals surface area contributed by atoms with Crippen molar-refractivity contribution in [2.45, 2.75) is 25.9 Å². The van der Waals surface area contributed by atoms with Crippen LogP contribution in [0.25, 0.3) is 10.9 Å². The molecule has 0 saturated carbocycles. The first-order chi connectivity index (χ1) is 12.3. The summed E-state index contributed by atoms with van der Waals surface area (Å²) in [5.74, 6) is 1.23. The number of aryl methyl sites for hydroxylation is 1. The van der Waals surface area contributed by atoms with E-state index in [1.807, 2.05) is 29.1 Å². The number of hydrogen-bond acceptors (Lipinski definition) is 3. The Morgan fingerprint density at radius 1 is 1.28 bits per heavy atom. The molecule has 3 aromatic rings. The van der Waals surface area contributed by atoms with Gasteiger partial charge >= 0.3 is 0 Å². The van der Waals surface area contributed by atoms with Gasteiger partial charge in [-0.05, 0) is 23.9 Å². The van der Waals surface area contributed by atoms with E-state index >= 15 is 0 Å². The van der Waals surface area contributed by atoms with Crippen LogP contribution < -0.4 is 5.32 Å². The third-order valence-electron chi connectivity index (χ3n) is 4.70. The van der Waals surface area contributed by atoms with Crippen molar-refractivity contribution in [2.75, 3.05) is 18.5 Å². The molecule has 2 aromatic heterocycles. The van der Waals surface area contributed by atoms with Gasteiger partial charge in [-0.25, -0.2) is 4.68 Å². The predicted molar refractivity (Wildman–Crippen MR) is 96.3 cm³/mol. The zero-order valence-electron chi connectivity index (χ0n) is 14.1. The van der Waals surface area contributed by atoms with E-state index in [4.69, 9.17) is 4.74 Å². The van der Waals surface area contributed by atoms with E-state index in [1.54, 1.807) is 6.20 Å². The normalized spacial score (nSPS) is 17.2. The standard InChI is InChI=1S/C19H22N4O2/c24-19(7-11-22-10-6-16-3-1-2-4-17(16)22)21-18-5-9-20-23(18)13-15-8-12-25-14-15/h1-6,9-10,15H,7-8,11-14H2,(H,21,24)/t15-/m0/s1. The quantitative estimate of drug-likeness (QED) is 0.752. The summed E-state index contributed by atoms with van der Waals surface area (Å²) in [5.41, 5.74) is 1.15. The SMILES string of the molecule is O=C(CCn1ccc2ccccc21)Nc1ccnn1C[C@@H]1CCOC1. The Morgan fingerprint density at radius 3 is 3.08 bits per heavy atom. The smallest absolute Gasteiger partial charge is 0.227 e. The summed E-state index contributed by atoms with van der Waals surface area (Å²) in [4.78, 5) is 12.3. The highest BCUT2D eigenvalue weighted by Gasteiger charge is 2.18. The fourth-order valence-electron chi connectivity index (χ4n) is 3.32. The lowest BCUT2D eigenvalue weighted by molar-refractivity contribution is -0.116. The average molecular weight is 338 g/mol. The summed E-state index contributed by atoms with van der Waals surface area (Å²) in [6.07, 6.45) is 5.23. The van der Waals surface area contributed by atoms with Gasteiger partial charge in [-0.1, -0.05) is 18.2 Å². The molecule has 0 bridgehead atoms. The monoisotopic (exact) mass is 338 g/mol. The van der Waals surface area contributed by atoms with Crippen LogP contribution in [0, 0.1) is 5.92 Å². The Morgan fingerprint density at radius 2 is 2.20 bits per heavy atom. The highest BCUT2D eigenvalue weighted by Crippen LogP contribution is 2.18. The molecule has 6 nitrogen and oxygen atoms in total. The van der Waals surface area contributed by atoms with Crippen LogP contribution in [0.5, 0.6) is 0 Å². The van der Waals surface area contributed by atoms with E-state index in [9.17, 15) is 4.79 Å². The Labute approximate surface area is 146 Å². The number of para-hydroxylation sites is 1. The molecule has 1 amide bonds. The molecule has 25 heavy (non-hydrogen) atoms. The van der Waals surface area contributed by atoms with Gasteiger partial charge < -0.3 is 14.6 Å². The first-order valence-electron chi connectivity index (χ1n) is 8.73. The number of hydrogen-bond donors (Lipinski definition) is 1. The summed E-state index contributed by atoms with van der Waals surface area (Å²) < 4.78 is 9.39. The Balaban J connectivity index is 1.35. The number of carbonyl (C=O) groups excluding carboxylic acids is 1. The van der Waals surface area contributed by atoms with Crippen LogP contribution in [0.4, 0.5) is 5.82 Å². The highest BCUT2D eigenvalue weighted by molar-refractivity contribution is 5.90. The minimum absolute atomic E-state index is 0.00204. The fourth-order valence-corrected chi connectivity index (χ4v) is 3.32. The Kier molecular flexibility index (Phi) is 4.52. The van der Waals surface area contributed by atoms with Crippen molar-refractivity contribution in [3.8, 4) is 0 Å². The maximum absolute atomic E-state index is 12.3. The lowest BCUT2D eigenvalue weighted by atomic mass is 10.1. The lowest BCUT2D eigenvalue weighted by Gasteiger charge is -2.12. The van der Waals surface area contributed by atoms with Gasteiger partial charge in [0.25, 0.3) is 0 Å². The van der Waals surface area contributed by atoms with Gasteiger partial charge in [0.2, 0.25) is 5.91 Å². The second-order valence-electron chi connectivity index (χ2n) is 6.49. The van der Waals surface area contributed by atoms with Crippen molar-refractivity contribution < 1.29 is 9.53 Å². The van der Waals surface area contributed by atoms with E-state index < -0.39 is 0 Å². The largest absolute Gasteiger partial charge is 0.381 e. The summed E-state index contributed by atoms with van der Waals surface area (Å²) >= 11 is 0. The summed E-state index contributed by atoms with van der Waals surface area (Å²) in [7, 11) is 0. The first-order valence-corrected chi connectivity index (χ1v) is 8.73. The number of fused-ring (bicyclic) bond motifs is 1. The van der Waals surface area contributed by atoms with Crippen molar-refractivity contribution in [1.29, 1.82) is 0 Å². The maximum Gasteiger partial charge on any atom is 0.227 e.